The second kappa shape index (κ2) is 5.36. The largest absolute Gasteiger partial charge is 0.497 e. The molecule has 19 heavy (non-hydrogen) atoms. The maximum absolute atomic E-state index is 5.14. The summed E-state index contributed by atoms with van der Waals surface area (Å²) in [5.74, 6) is 1.62. The molecule has 100 valence electrons. The molecule has 1 saturated heterocycles. The maximum atomic E-state index is 5.14. The van der Waals surface area contributed by atoms with E-state index < -0.39 is 0 Å². The third-order valence-electron chi connectivity index (χ3n) is 3.35. The summed E-state index contributed by atoms with van der Waals surface area (Å²) in [5.41, 5.74) is 1.16. The Kier molecular flexibility index (Phi) is 3.41. The van der Waals surface area contributed by atoms with Gasteiger partial charge in [-0.3, -0.25) is 0 Å². The summed E-state index contributed by atoms with van der Waals surface area (Å²) < 4.78 is 5.14. The maximum Gasteiger partial charge on any atom is 0.179 e. The van der Waals surface area contributed by atoms with Gasteiger partial charge in [-0.2, -0.15) is 4.80 Å². The Bertz CT molecular complexity index is 530. The minimum Gasteiger partial charge on any atom is -0.497 e. The Balaban J connectivity index is 1.68. The standard InChI is InChI=1S/C13H17N5O/c1-19-12-4-2-10(3-5-12)8-13-15-17-18(16-13)11-6-7-14-9-11/h2-5,11,14H,6-9H2,1H3. The van der Waals surface area contributed by atoms with Gasteiger partial charge in [0, 0.05) is 13.0 Å². The van der Waals surface area contributed by atoms with Gasteiger partial charge in [0.05, 0.1) is 13.2 Å². The molecule has 6 heteroatoms. The van der Waals surface area contributed by atoms with E-state index in [4.69, 9.17) is 4.74 Å². The summed E-state index contributed by atoms with van der Waals surface area (Å²) in [6.45, 7) is 1.96. The number of hydrogen-bond donors (Lipinski definition) is 1. The van der Waals surface area contributed by atoms with E-state index in [-0.39, 0.29) is 0 Å². The van der Waals surface area contributed by atoms with Gasteiger partial charge in [-0.05, 0) is 35.9 Å². The van der Waals surface area contributed by atoms with Crippen molar-refractivity contribution in [2.45, 2.75) is 18.9 Å². The quantitative estimate of drug-likeness (QED) is 0.880. The first-order chi connectivity index (χ1) is 9.35. The van der Waals surface area contributed by atoms with Crippen LogP contribution in [0, 0.1) is 0 Å². The molecule has 0 amide bonds. The number of nitrogens with zero attached hydrogens (tertiary/aromatic N) is 4. The first-order valence-corrected chi connectivity index (χ1v) is 6.47. The fraction of sp³-hybridized carbons (Fsp3) is 0.462. The van der Waals surface area contributed by atoms with Crippen LogP contribution in [0.25, 0.3) is 0 Å². The van der Waals surface area contributed by atoms with Gasteiger partial charge in [-0.25, -0.2) is 0 Å². The third kappa shape index (κ3) is 2.73. The van der Waals surface area contributed by atoms with E-state index in [1.165, 1.54) is 0 Å². The average Bonchev–Trinajstić information content (AvgIpc) is 3.10. The molecule has 0 aliphatic carbocycles. The lowest BCUT2D eigenvalue weighted by Gasteiger charge is -2.04. The van der Waals surface area contributed by atoms with Crippen LogP contribution in [0.15, 0.2) is 24.3 Å². The van der Waals surface area contributed by atoms with Crippen LogP contribution in [0.4, 0.5) is 0 Å². The number of aromatic nitrogens is 4. The average molecular weight is 259 g/mol. The van der Waals surface area contributed by atoms with Crippen molar-refractivity contribution in [2.24, 2.45) is 0 Å². The predicted molar refractivity (Wildman–Crippen MR) is 70.1 cm³/mol. The van der Waals surface area contributed by atoms with Gasteiger partial charge < -0.3 is 10.1 Å². The van der Waals surface area contributed by atoms with Crippen molar-refractivity contribution < 1.29 is 4.74 Å². The van der Waals surface area contributed by atoms with Gasteiger partial charge in [0.2, 0.25) is 0 Å². The second-order valence-electron chi connectivity index (χ2n) is 4.70. The zero-order valence-corrected chi connectivity index (χ0v) is 10.9. The normalized spacial score (nSPS) is 18.7. The molecule has 2 heterocycles. The highest BCUT2D eigenvalue weighted by atomic mass is 16.5. The molecule has 1 atom stereocenters. The van der Waals surface area contributed by atoms with Crippen LogP contribution in [-0.4, -0.2) is 40.4 Å². The highest BCUT2D eigenvalue weighted by Crippen LogP contribution is 2.14. The fourth-order valence-corrected chi connectivity index (χ4v) is 2.24. The van der Waals surface area contributed by atoms with Gasteiger partial charge >= 0.3 is 0 Å². The molecule has 0 saturated carbocycles. The highest BCUT2D eigenvalue weighted by Gasteiger charge is 2.19. The summed E-state index contributed by atoms with van der Waals surface area (Å²) in [6.07, 6.45) is 1.77. The van der Waals surface area contributed by atoms with Crippen LogP contribution in [0.3, 0.4) is 0 Å². The molecule has 0 bridgehead atoms. The summed E-state index contributed by atoms with van der Waals surface area (Å²) in [4.78, 5) is 1.73. The van der Waals surface area contributed by atoms with Crippen LogP contribution in [-0.2, 0) is 6.42 Å². The van der Waals surface area contributed by atoms with E-state index in [1.807, 2.05) is 24.3 Å². The first-order valence-electron chi connectivity index (χ1n) is 6.47. The smallest absolute Gasteiger partial charge is 0.179 e. The predicted octanol–water partition coefficient (Wildman–Crippen LogP) is 0.807. The van der Waals surface area contributed by atoms with Gasteiger partial charge in [-0.1, -0.05) is 12.1 Å². The number of rotatable bonds is 4. The van der Waals surface area contributed by atoms with E-state index >= 15 is 0 Å². The van der Waals surface area contributed by atoms with Crippen LogP contribution in [0.5, 0.6) is 5.75 Å². The number of ether oxygens (including phenoxy) is 1. The summed E-state index contributed by atoms with van der Waals surface area (Å²) in [5, 5.41) is 16.0. The van der Waals surface area contributed by atoms with Gasteiger partial charge in [0.25, 0.3) is 0 Å². The van der Waals surface area contributed by atoms with Crippen LogP contribution in [0.1, 0.15) is 23.9 Å². The monoisotopic (exact) mass is 259 g/mol. The molecule has 1 N–H and O–H groups in total. The lowest BCUT2D eigenvalue weighted by Crippen LogP contribution is -2.16. The Morgan fingerprint density at radius 2 is 2.21 bits per heavy atom. The molecule has 1 aromatic carbocycles. The van der Waals surface area contributed by atoms with E-state index in [9.17, 15) is 0 Å². The van der Waals surface area contributed by atoms with Crippen molar-refractivity contribution in [3.05, 3.63) is 35.7 Å². The number of benzene rings is 1. The molecule has 0 spiro atoms. The Morgan fingerprint density at radius 3 is 2.89 bits per heavy atom. The van der Waals surface area contributed by atoms with Gasteiger partial charge in [-0.15, -0.1) is 10.2 Å². The van der Waals surface area contributed by atoms with Crippen molar-refractivity contribution in [3.8, 4) is 5.75 Å². The third-order valence-corrected chi connectivity index (χ3v) is 3.35. The van der Waals surface area contributed by atoms with E-state index in [1.54, 1.807) is 11.9 Å². The fourth-order valence-electron chi connectivity index (χ4n) is 2.24. The van der Waals surface area contributed by atoms with Crippen LogP contribution in [0.2, 0.25) is 0 Å². The summed E-state index contributed by atoms with van der Waals surface area (Å²) >= 11 is 0. The summed E-state index contributed by atoms with van der Waals surface area (Å²) in [7, 11) is 1.66. The molecule has 2 aromatic rings. The Morgan fingerprint density at radius 1 is 1.37 bits per heavy atom. The van der Waals surface area contributed by atoms with E-state index in [2.05, 4.69) is 20.7 Å². The lowest BCUT2D eigenvalue weighted by atomic mass is 10.1. The lowest BCUT2D eigenvalue weighted by molar-refractivity contribution is 0.414. The van der Waals surface area contributed by atoms with Crippen molar-refractivity contribution in [3.63, 3.8) is 0 Å². The van der Waals surface area contributed by atoms with Crippen molar-refractivity contribution in [2.75, 3.05) is 20.2 Å². The van der Waals surface area contributed by atoms with Crippen LogP contribution >= 0.6 is 0 Å². The molecule has 1 fully saturated rings. The second-order valence-corrected chi connectivity index (χ2v) is 4.70. The van der Waals surface area contributed by atoms with Gasteiger partial charge in [0.1, 0.15) is 5.75 Å². The number of nitrogens with one attached hydrogen (secondary N) is 1. The minimum absolute atomic E-state index is 0.345. The topological polar surface area (TPSA) is 64.9 Å². The number of hydrogen-bond acceptors (Lipinski definition) is 5. The molecule has 1 aliphatic rings. The minimum atomic E-state index is 0.345. The molecular weight excluding hydrogens is 242 g/mol. The molecular formula is C13H17N5O. The number of tetrazole rings is 1. The van der Waals surface area contributed by atoms with Crippen molar-refractivity contribution in [1.29, 1.82) is 0 Å². The zero-order chi connectivity index (χ0) is 13.1. The Hall–Kier alpha value is -1.95. The van der Waals surface area contributed by atoms with Crippen molar-refractivity contribution >= 4 is 0 Å². The van der Waals surface area contributed by atoms with Crippen molar-refractivity contribution in [1.82, 2.24) is 25.5 Å². The molecule has 1 aromatic heterocycles. The first kappa shape index (κ1) is 12.1. The molecule has 6 nitrogen and oxygen atoms in total. The van der Waals surface area contributed by atoms with E-state index in [0.717, 1.165) is 36.6 Å². The Labute approximate surface area is 111 Å². The van der Waals surface area contributed by atoms with Gasteiger partial charge in [0.15, 0.2) is 5.82 Å². The highest BCUT2D eigenvalue weighted by molar-refractivity contribution is 5.28. The molecule has 1 unspecified atom stereocenters. The molecule has 0 radical (unpaired) electrons. The molecule has 1 aliphatic heterocycles. The molecule has 3 rings (SSSR count). The van der Waals surface area contributed by atoms with E-state index in [0.29, 0.717) is 12.5 Å². The van der Waals surface area contributed by atoms with Crippen LogP contribution < -0.4 is 10.1 Å². The number of methoxy groups -OCH3 is 1. The summed E-state index contributed by atoms with van der Waals surface area (Å²) in [6, 6.07) is 8.28. The zero-order valence-electron chi connectivity index (χ0n) is 10.9. The SMILES string of the molecule is COc1ccc(Cc2nnn(C3CCNC3)n2)cc1.